The van der Waals surface area contributed by atoms with Crippen molar-refractivity contribution < 1.29 is 32.2 Å². The number of nitrogens with one attached hydrogen (secondary N) is 2. The van der Waals surface area contributed by atoms with Gasteiger partial charge < -0.3 is 20.1 Å². The molecule has 0 spiro atoms. The van der Waals surface area contributed by atoms with Crippen LogP contribution in [0.15, 0.2) is 42.5 Å². The number of alkyl halides is 3. The van der Waals surface area contributed by atoms with E-state index in [1.807, 2.05) is 6.92 Å². The quantitative estimate of drug-likeness (QED) is 0.751. The van der Waals surface area contributed by atoms with Crippen LogP contribution in [0.3, 0.4) is 0 Å². The largest absolute Gasteiger partial charge is 0.493 e. The fraction of sp³-hybridized carbons (Fsp3) is 0.263. The molecule has 0 saturated heterocycles. The standard InChI is InChI=1S/C19H19F3N2O4/c1-3-28-15-9-8-14(10-16(15)27-2)24-17(25)11-23-18(26)12-4-6-13(7-5-12)19(20,21)22/h4-10H,3,11H2,1-2H3,(H,23,26)(H,24,25). The number of carbonyl (C=O) groups is 2. The van der Waals surface area contributed by atoms with Crippen LogP contribution >= 0.6 is 0 Å². The van der Waals surface area contributed by atoms with Crippen molar-refractivity contribution in [3.05, 3.63) is 53.6 Å². The number of halogens is 3. The molecule has 9 heteroatoms. The van der Waals surface area contributed by atoms with Gasteiger partial charge in [0.25, 0.3) is 5.91 Å². The monoisotopic (exact) mass is 396 g/mol. The maximum atomic E-state index is 12.5. The SMILES string of the molecule is CCOc1ccc(NC(=O)CNC(=O)c2ccc(C(F)(F)F)cc2)cc1OC. The molecule has 2 aromatic rings. The molecule has 0 heterocycles. The summed E-state index contributed by atoms with van der Waals surface area (Å²) < 4.78 is 48.2. The van der Waals surface area contributed by atoms with E-state index < -0.39 is 23.6 Å². The number of anilines is 1. The Labute approximate surface area is 159 Å². The van der Waals surface area contributed by atoms with Gasteiger partial charge in [-0.1, -0.05) is 0 Å². The molecule has 0 unspecified atom stereocenters. The van der Waals surface area contributed by atoms with Crippen molar-refractivity contribution in [1.82, 2.24) is 5.32 Å². The Balaban J connectivity index is 1.92. The van der Waals surface area contributed by atoms with Gasteiger partial charge in [-0.25, -0.2) is 0 Å². The first-order valence-corrected chi connectivity index (χ1v) is 8.30. The van der Waals surface area contributed by atoms with E-state index in [9.17, 15) is 22.8 Å². The molecule has 2 amide bonds. The van der Waals surface area contributed by atoms with Gasteiger partial charge in [0.15, 0.2) is 11.5 Å². The lowest BCUT2D eigenvalue weighted by Crippen LogP contribution is -2.32. The van der Waals surface area contributed by atoms with E-state index in [1.54, 1.807) is 18.2 Å². The summed E-state index contributed by atoms with van der Waals surface area (Å²) in [7, 11) is 1.47. The Morgan fingerprint density at radius 3 is 2.29 bits per heavy atom. The van der Waals surface area contributed by atoms with Crippen molar-refractivity contribution in [2.24, 2.45) is 0 Å². The van der Waals surface area contributed by atoms with E-state index in [-0.39, 0.29) is 12.1 Å². The molecule has 0 fully saturated rings. The summed E-state index contributed by atoms with van der Waals surface area (Å²) in [5.41, 5.74) is -0.399. The number of amides is 2. The molecule has 6 nitrogen and oxygen atoms in total. The second-order valence-electron chi connectivity index (χ2n) is 5.60. The van der Waals surface area contributed by atoms with Gasteiger partial charge in [-0.2, -0.15) is 13.2 Å². The minimum Gasteiger partial charge on any atom is -0.493 e. The van der Waals surface area contributed by atoms with Crippen molar-refractivity contribution in [3.8, 4) is 11.5 Å². The van der Waals surface area contributed by atoms with Gasteiger partial charge in [0.1, 0.15) is 0 Å². The molecular weight excluding hydrogens is 377 g/mol. The third-order valence-corrected chi connectivity index (χ3v) is 3.63. The van der Waals surface area contributed by atoms with E-state index in [1.165, 1.54) is 7.11 Å². The molecule has 0 aliphatic carbocycles. The van der Waals surface area contributed by atoms with Gasteiger partial charge in [-0.05, 0) is 43.3 Å². The van der Waals surface area contributed by atoms with Crippen LogP contribution in [0.2, 0.25) is 0 Å². The molecule has 0 bridgehead atoms. The minimum absolute atomic E-state index is 0.0172. The summed E-state index contributed by atoms with van der Waals surface area (Å²) in [5.74, 6) is -0.202. The van der Waals surface area contributed by atoms with Crippen molar-refractivity contribution in [2.45, 2.75) is 13.1 Å². The van der Waals surface area contributed by atoms with Gasteiger partial charge in [0.2, 0.25) is 5.91 Å². The molecular formula is C19H19F3N2O4. The summed E-state index contributed by atoms with van der Waals surface area (Å²) in [6.45, 7) is 1.93. The molecule has 0 aromatic heterocycles. The Hall–Kier alpha value is -3.23. The first kappa shape index (κ1) is 21.1. The van der Waals surface area contributed by atoms with Crippen LogP contribution < -0.4 is 20.1 Å². The summed E-state index contributed by atoms with van der Waals surface area (Å²) in [6, 6.07) is 8.53. The Morgan fingerprint density at radius 1 is 1.04 bits per heavy atom. The smallest absolute Gasteiger partial charge is 0.416 e. The van der Waals surface area contributed by atoms with Crippen molar-refractivity contribution >= 4 is 17.5 Å². The minimum atomic E-state index is -4.48. The Kier molecular flexibility index (Phi) is 6.86. The highest BCUT2D eigenvalue weighted by Gasteiger charge is 2.30. The molecule has 2 aromatic carbocycles. The Bertz CT molecular complexity index is 836. The summed E-state index contributed by atoms with van der Waals surface area (Å²) in [5, 5.41) is 4.93. The topological polar surface area (TPSA) is 76.7 Å². The molecule has 2 N–H and O–H groups in total. The van der Waals surface area contributed by atoms with Crippen LogP contribution in [-0.4, -0.2) is 32.1 Å². The van der Waals surface area contributed by atoms with E-state index in [4.69, 9.17) is 9.47 Å². The van der Waals surface area contributed by atoms with Gasteiger partial charge >= 0.3 is 6.18 Å². The summed E-state index contributed by atoms with van der Waals surface area (Å²) in [4.78, 5) is 24.0. The second-order valence-corrected chi connectivity index (χ2v) is 5.60. The van der Waals surface area contributed by atoms with Gasteiger partial charge in [0.05, 0.1) is 25.8 Å². The fourth-order valence-corrected chi connectivity index (χ4v) is 2.30. The van der Waals surface area contributed by atoms with E-state index >= 15 is 0 Å². The highest BCUT2D eigenvalue weighted by atomic mass is 19.4. The maximum Gasteiger partial charge on any atom is 0.416 e. The van der Waals surface area contributed by atoms with Gasteiger partial charge in [-0.15, -0.1) is 0 Å². The molecule has 28 heavy (non-hydrogen) atoms. The lowest BCUT2D eigenvalue weighted by molar-refractivity contribution is -0.137. The zero-order valence-electron chi connectivity index (χ0n) is 15.2. The lowest BCUT2D eigenvalue weighted by Gasteiger charge is -2.12. The van der Waals surface area contributed by atoms with Gasteiger partial charge in [0, 0.05) is 17.3 Å². The van der Waals surface area contributed by atoms with Crippen molar-refractivity contribution in [1.29, 1.82) is 0 Å². The van der Waals surface area contributed by atoms with Crippen molar-refractivity contribution in [2.75, 3.05) is 25.6 Å². The number of methoxy groups -OCH3 is 1. The lowest BCUT2D eigenvalue weighted by atomic mass is 10.1. The highest BCUT2D eigenvalue weighted by Crippen LogP contribution is 2.30. The Morgan fingerprint density at radius 2 is 1.71 bits per heavy atom. The predicted octanol–water partition coefficient (Wildman–Crippen LogP) is 3.48. The fourth-order valence-electron chi connectivity index (χ4n) is 2.30. The zero-order valence-corrected chi connectivity index (χ0v) is 15.2. The van der Waals surface area contributed by atoms with Crippen LogP contribution in [-0.2, 0) is 11.0 Å². The normalized spacial score (nSPS) is 10.9. The molecule has 0 aliphatic heterocycles. The van der Waals surface area contributed by atoms with Gasteiger partial charge in [-0.3, -0.25) is 9.59 Å². The van der Waals surface area contributed by atoms with Crippen LogP contribution in [0, 0.1) is 0 Å². The molecule has 150 valence electrons. The molecule has 0 radical (unpaired) electrons. The van der Waals surface area contributed by atoms with E-state index in [0.29, 0.717) is 23.8 Å². The number of rotatable bonds is 7. The average Bonchev–Trinajstić information content (AvgIpc) is 2.67. The van der Waals surface area contributed by atoms with Crippen LogP contribution in [0.4, 0.5) is 18.9 Å². The first-order chi connectivity index (χ1) is 13.2. The first-order valence-electron chi connectivity index (χ1n) is 8.30. The number of ether oxygens (including phenoxy) is 2. The maximum absolute atomic E-state index is 12.5. The van der Waals surface area contributed by atoms with E-state index in [0.717, 1.165) is 24.3 Å². The molecule has 2 rings (SSSR count). The predicted molar refractivity (Wildman–Crippen MR) is 96.6 cm³/mol. The highest BCUT2D eigenvalue weighted by molar-refractivity contribution is 5.99. The summed E-state index contributed by atoms with van der Waals surface area (Å²) >= 11 is 0. The van der Waals surface area contributed by atoms with Crippen LogP contribution in [0.5, 0.6) is 11.5 Å². The molecule has 0 saturated carbocycles. The third kappa shape index (κ3) is 5.63. The van der Waals surface area contributed by atoms with E-state index in [2.05, 4.69) is 10.6 Å². The molecule has 0 atom stereocenters. The number of hydrogen-bond acceptors (Lipinski definition) is 4. The summed E-state index contributed by atoms with van der Waals surface area (Å²) in [6.07, 6.45) is -4.48. The third-order valence-electron chi connectivity index (χ3n) is 3.63. The van der Waals surface area contributed by atoms with Crippen molar-refractivity contribution in [3.63, 3.8) is 0 Å². The number of hydrogen-bond donors (Lipinski definition) is 2. The van der Waals surface area contributed by atoms with Crippen LogP contribution in [0.1, 0.15) is 22.8 Å². The number of benzene rings is 2. The van der Waals surface area contributed by atoms with Crippen LogP contribution in [0.25, 0.3) is 0 Å². The average molecular weight is 396 g/mol. The zero-order chi connectivity index (χ0) is 20.7. The number of carbonyl (C=O) groups excluding carboxylic acids is 2. The second kappa shape index (κ2) is 9.12. The molecule has 0 aliphatic rings.